The molecule has 7 heteroatoms. The Bertz CT molecular complexity index is 838. The quantitative estimate of drug-likeness (QED) is 0.279. The Labute approximate surface area is 200 Å². The van der Waals surface area contributed by atoms with Crippen LogP contribution >= 0.6 is 0 Å². The van der Waals surface area contributed by atoms with Gasteiger partial charge in [0, 0.05) is 19.4 Å². The van der Waals surface area contributed by atoms with Crippen molar-refractivity contribution in [3.63, 3.8) is 0 Å². The highest BCUT2D eigenvalue weighted by Gasteiger charge is 2.52. The first-order valence-corrected chi connectivity index (χ1v) is 12.5. The third-order valence-electron chi connectivity index (χ3n) is 7.45. The van der Waals surface area contributed by atoms with Crippen LogP contribution in [0.5, 0.6) is 0 Å². The molecule has 1 aromatic carbocycles. The van der Waals surface area contributed by atoms with Crippen LogP contribution in [0, 0.1) is 5.41 Å². The van der Waals surface area contributed by atoms with Crippen molar-refractivity contribution in [1.29, 1.82) is 0 Å². The van der Waals surface area contributed by atoms with E-state index in [9.17, 15) is 23.5 Å². The molecular formula is C27H37F2NO4. The Kier molecular flexibility index (Phi) is 9.23. The van der Waals surface area contributed by atoms with E-state index in [1.807, 2.05) is 18.2 Å². The number of aliphatic carboxylic acids is 1. The predicted octanol–water partition coefficient (Wildman–Crippen LogP) is 5.37. The van der Waals surface area contributed by atoms with Gasteiger partial charge in [0.1, 0.15) is 0 Å². The van der Waals surface area contributed by atoms with Crippen molar-refractivity contribution in [3.05, 3.63) is 48.0 Å². The molecule has 1 saturated carbocycles. The highest BCUT2D eigenvalue weighted by Crippen LogP contribution is 2.48. The molecule has 1 saturated heterocycles. The van der Waals surface area contributed by atoms with Crippen molar-refractivity contribution >= 4 is 11.9 Å². The van der Waals surface area contributed by atoms with Crippen LogP contribution in [0.3, 0.4) is 0 Å². The zero-order chi connectivity index (χ0) is 24.6. The fourth-order valence-corrected chi connectivity index (χ4v) is 5.22. The molecule has 0 spiro atoms. The van der Waals surface area contributed by atoms with Gasteiger partial charge in [0.05, 0.1) is 12.1 Å². The lowest BCUT2D eigenvalue weighted by Gasteiger charge is -2.45. The maximum atomic E-state index is 14.2. The molecule has 2 atom stereocenters. The van der Waals surface area contributed by atoms with Gasteiger partial charge in [0.25, 0.3) is 5.91 Å². The Hall–Kier alpha value is -2.28. The molecule has 5 nitrogen and oxygen atoms in total. The van der Waals surface area contributed by atoms with Crippen LogP contribution in [-0.2, 0) is 16.0 Å². The van der Waals surface area contributed by atoms with Gasteiger partial charge in [0.15, 0.2) is 0 Å². The van der Waals surface area contributed by atoms with E-state index in [0.717, 1.165) is 38.5 Å². The molecule has 0 bridgehead atoms. The number of alkyl halides is 2. The lowest BCUT2D eigenvalue weighted by molar-refractivity contribution is -0.148. The lowest BCUT2D eigenvalue weighted by atomic mass is 9.62. The average molecular weight is 478 g/mol. The number of halogens is 2. The zero-order valence-corrected chi connectivity index (χ0v) is 19.8. The molecule has 34 heavy (non-hydrogen) atoms. The fraction of sp³-hybridized carbons (Fsp3) is 0.630. The van der Waals surface area contributed by atoms with Crippen LogP contribution in [0.1, 0.15) is 76.2 Å². The summed E-state index contributed by atoms with van der Waals surface area (Å²) >= 11 is 0. The van der Waals surface area contributed by atoms with Crippen LogP contribution in [0.4, 0.5) is 8.78 Å². The molecular weight excluding hydrogens is 440 g/mol. The Morgan fingerprint density at radius 3 is 2.47 bits per heavy atom. The number of carboxylic acid groups (broad SMARTS) is 1. The highest BCUT2D eigenvalue weighted by molar-refractivity contribution is 5.86. The fourth-order valence-electron chi connectivity index (χ4n) is 5.22. The van der Waals surface area contributed by atoms with Crippen molar-refractivity contribution in [1.82, 2.24) is 4.90 Å². The van der Waals surface area contributed by atoms with Crippen molar-refractivity contribution in [3.8, 4) is 0 Å². The second-order valence-corrected chi connectivity index (χ2v) is 9.92. The first kappa shape index (κ1) is 26.3. The highest BCUT2D eigenvalue weighted by atomic mass is 19.3. The van der Waals surface area contributed by atoms with E-state index in [2.05, 4.69) is 12.1 Å². The Morgan fingerprint density at radius 2 is 1.82 bits per heavy atom. The molecule has 2 N–H and O–H groups in total. The summed E-state index contributed by atoms with van der Waals surface area (Å²) in [6.07, 6.45) is 10.2. The lowest BCUT2D eigenvalue weighted by Crippen LogP contribution is -2.41. The first-order valence-electron chi connectivity index (χ1n) is 12.5. The van der Waals surface area contributed by atoms with Crippen LogP contribution in [0.2, 0.25) is 0 Å². The van der Waals surface area contributed by atoms with E-state index in [1.165, 1.54) is 10.5 Å². The number of unbranched alkanes of at least 4 members (excludes halogenated alkanes) is 3. The molecule has 1 aromatic rings. The minimum absolute atomic E-state index is 0.0943. The number of hydrogen-bond donors (Lipinski definition) is 2. The van der Waals surface area contributed by atoms with Gasteiger partial charge >= 0.3 is 11.9 Å². The number of nitrogens with zero attached hydrogens (tertiary/aromatic N) is 1. The number of carbonyl (C=O) groups is 2. The number of rotatable bonds is 14. The van der Waals surface area contributed by atoms with Crippen molar-refractivity contribution in [2.75, 3.05) is 6.54 Å². The summed E-state index contributed by atoms with van der Waals surface area (Å²) in [4.78, 5) is 24.0. The summed E-state index contributed by atoms with van der Waals surface area (Å²) in [6, 6.07) is 9.51. The monoisotopic (exact) mass is 477 g/mol. The molecule has 2 unspecified atom stereocenters. The molecule has 3 rings (SSSR count). The van der Waals surface area contributed by atoms with Gasteiger partial charge in [-0.2, -0.15) is 8.78 Å². The number of amides is 1. The van der Waals surface area contributed by atoms with Crippen molar-refractivity contribution in [2.24, 2.45) is 5.41 Å². The molecule has 2 fully saturated rings. The van der Waals surface area contributed by atoms with Gasteiger partial charge in [-0.15, -0.1) is 0 Å². The third kappa shape index (κ3) is 6.87. The van der Waals surface area contributed by atoms with E-state index >= 15 is 0 Å². The van der Waals surface area contributed by atoms with Gasteiger partial charge in [-0.25, -0.2) is 0 Å². The SMILES string of the molecule is O=C(O)CCCCCCN1C(=O)C(F)(F)CC1C=CC(O)C1(CCCc2ccccc2)CCC1. The predicted molar refractivity (Wildman–Crippen MR) is 127 cm³/mol. The minimum atomic E-state index is -3.38. The van der Waals surface area contributed by atoms with Gasteiger partial charge in [-0.1, -0.05) is 61.7 Å². The molecule has 1 amide bonds. The van der Waals surface area contributed by atoms with Crippen molar-refractivity contribution in [2.45, 2.75) is 95.1 Å². The molecule has 0 aromatic heterocycles. The van der Waals surface area contributed by atoms with Gasteiger partial charge < -0.3 is 15.1 Å². The zero-order valence-electron chi connectivity index (χ0n) is 19.8. The average Bonchev–Trinajstić information content (AvgIpc) is 2.99. The summed E-state index contributed by atoms with van der Waals surface area (Å²) in [5, 5.41) is 19.6. The van der Waals surface area contributed by atoms with E-state index in [0.29, 0.717) is 25.7 Å². The second kappa shape index (κ2) is 11.9. The smallest absolute Gasteiger partial charge is 0.327 e. The summed E-state index contributed by atoms with van der Waals surface area (Å²) in [5.74, 6) is -5.38. The van der Waals surface area contributed by atoms with Crippen LogP contribution < -0.4 is 0 Å². The summed E-state index contributed by atoms with van der Waals surface area (Å²) < 4.78 is 28.3. The maximum absolute atomic E-state index is 14.2. The van der Waals surface area contributed by atoms with E-state index in [-0.39, 0.29) is 18.4 Å². The number of aliphatic hydroxyl groups is 1. The van der Waals surface area contributed by atoms with Gasteiger partial charge in [-0.05, 0) is 55.9 Å². The van der Waals surface area contributed by atoms with E-state index < -0.39 is 36.4 Å². The second-order valence-electron chi connectivity index (χ2n) is 9.92. The molecule has 1 heterocycles. The number of carboxylic acids is 1. The van der Waals surface area contributed by atoms with Gasteiger partial charge in [-0.3, -0.25) is 9.59 Å². The number of benzene rings is 1. The summed E-state index contributed by atoms with van der Waals surface area (Å²) in [6.45, 7) is 0.217. The third-order valence-corrected chi connectivity index (χ3v) is 7.45. The maximum Gasteiger partial charge on any atom is 0.327 e. The minimum Gasteiger partial charge on any atom is -0.481 e. The number of aryl methyl sites for hydroxylation is 1. The van der Waals surface area contributed by atoms with E-state index in [4.69, 9.17) is 5.11 Å². The van der Waals surface area contributed by atoms with Gasteiger partial charge in [0.2, 0.25) is 0 Å². The van der Waals surface area contributed by atoms with E-state index in [1.54, 1.807) is 12.2 Å². The van der Waals surface area contributed by atoms with Crippen LogP contribution in [0.25, 0.3) is 0 Å². The Morgan fingerprint density at radius 1 is 1.12 bits per heavy atom. The normalized spacial score (nSPS) is 22.1. The Balaban J connectivity index is 1.52. The van der Waals surface area contributed by atoms with Crippen LogP contribution in [0.15, 0.2) is 42.5 Å². The topological polar surface area (TPSA) is 77.8 Å². The standard InChI is InChI=1S/C27H37F2NO4/c28-27(29)20-22(30(25(27)34)19-7-2-1-6-13-24(32)33)14-15-23(31)26(17-9-18-26)16-8-12-21-10-4-3-5-11-21/h3-5,10-11,14-15,22-23,31H,1-2,6-9,12-13,16-20H2,(H,32,33). The number of carbonyl (C=O) groups excluding carboxylic acids is 1. The molecule has 0 radical (unpaired) electrons. The molecule has 1 aliphatic heterocycles. The number of aliphatic hydroxyl groups excluding tert-OH is 1. The molecule has 188 valence electrons. The van der Waals surface area contributed by atoms with Crippen LogP contribution in [-0.4, -0.2) is 51.6 Å². The molecule has 2 aliphatic rings. The molecule has 1 aliphatic carbocycles. The summed E-state index contributed by atoms with van der Waals surface area (Å²) in [5.41, 5.74) is 1.07. The number of likely N-dealkylation sites (tertiary alicyclic amines) is 1. The largest absolute Gasteiger partial charge is 0.481 e. The number of hydrogen-bond acceptors (Lipinski definition) is 3. The summed E-state index contributed by atoms with van der Waals surface area (Å²) in [7, 11) is 0. The first-order chi connectivity index (χ1) is 16.2. The van der Waals surface area contributed by atoms with Crippen molar-refractivity contribution < 1.29 is 28.6 Å².